The third kappa shape index (κ3) is 2.56. The molecule has 0 aliphatic carbocycles. The van der Waals surface area contributed by atoms with Crippen molar-refractivity contribution in [2.45, 2.75) is 19.4 Å². The molecule has 0 aromatic rings. The Labute approximate surface area is 84.7 Å². The predicted octanol–water partition coefficient (Wildman–Crippen LogP) is 0.139. The van der Waals surface area contributed by atoms with Crippen molar-refractivity contribution in [2.24, 2.45) is 5.73 Å². The van der Waals surface area contributed by atoms with Gasteiger partial charge in [-0.15, -0.1) is 0 Å². The quantitative estimate of drug-likeness (QED) is 0.642. The number of nitrogens with two attached hydrogens (primary N) is 1. The lowest BCUT2D eigenvalue weighted by Gasteiger charge is -2.41. The maximum absolute atomic E-state index is 11.7. The Kier molecular flexibility index (Phi) is 3.66. The van der Waals surface area contributed by atoms with Crippen LogP contribution in [0.15, 0.2) is 12.2 Å². The van der Waals surface area contributed by atoms with Gasteiger partial charge in [-0.05, 0) is 13.8 Å². The van der Waals surface area contributed by atoms with Crippen LogP contribution in [0.5, 0.6) is 0 Å². The fourth-order valence-electron chi connectivity index (χ4n) is 1.53. The molecule has 14 heavy (non-hydrogen) atoms. The van der Waals surface area contributed by atoms with Gasteiger partial charge in [0.25, 0.3) is 0 Å². The molecule has 0 aromatic heterocycles. The molecule has 0 atom stereocenters. The van der Waals surface area contributed by atoms with Crippen molar-refractivity contribution in [3.63, 3.8) is 0 Å². The molecule has 0 radical (unpaired) electrons. The number of hydrogen-bond donors (Lipinski definition) is 1. The number of nitrogens with zero attached hydrogens (tertiary/aromatic N) is 1. The largest absolute Gasteiger partial charge is 0.377 e. The number of carbonyl (C=O) groups excluding carboxylic acids is 1. The molecule has 1 amide bonds. The van der Waals surface area contributed by atoms with Crippen molar-refractivity contribution < 1.29 is 9.53 Å². The summed E-state index contributed by atoms with van der Waals surface area (Å²) in [5.74, 6) is 0.0174. The van der Waals surface area contributed by atoms with Crippen LogP contribution in [-0.4, -0.2) is 42.6 Å². The summed E-state index contributed by atoms with van der Waals surface area (Å²) in [5.41, 5.74) is 5.08. The van der Waals surface area contributed by atoms with Crippen LogP contribution in [-0.2, 0) is 9.53 Å². The lowest BCUT2D eigenvalue weighted by Crippen LogP contribution is -2.55. The van der Waals surface area contributed by atoms with Gasteiger partial charge in [0.1, 0.15) is 0 Å². The zero-order chi connectivity index (χ0) is 10.6. The molecule has 0 spiro atoms. The molecule has 4 nitrogen and oxygen atoms in total. The van der Waals surface area contributed by atoms with Gasteiger partial charge in [-0.1, -0.05) is 6.08 Å². The monoisotopic (exact) mass is 198 g/mol. The molecular weight excluding hydrogens is 180 g/mol. The molecule has 0 unspecified atom stereocenters. The minimum atomic E-state index is -0.214. The summed E-state index contributed by atoms with van der Waals surface area (Å²) in [6.07, 6.45) is 3.21. The van der Waals surface area contributed by atoms with E-state index in [4.69, 9.17) is 10.5 Å². The molecule has 1 aliphatic rings. The molecule has 1 aliphatic heterocycles. The maximum atomic E-state index is 11.7. The number of morpholine rings is 1. The van der Waals surface area contributed by atoms with Crippen LogP contribution in [0.4, 0.5) is 0 Å². The first-order valence-electron chi connectivity index (χ1n) is 4.84. The lowest BCUT2D eigenvalue weighted by molar-refractivity contribution is -0.140. The topological polar surface area (TPSA) is 55.6 Å². The highest BCUT2D eigenvalue weighted by Gasteiger charge is 2.32. The van der Waals surface area contributed by atoms with Crippen molar-refractivity contribution in [3.8, 4) is 0 Å². The SMILES string of the molecule is CC1(C)COCCN1C(=O)/C=C/CN. The third-order valence-electron chi connectivity index (χ3n) is 2.31. The van der Waals surface area contributed by atoms with Crippen molar-refractivity contribution in [1.82, 2.24) is 4.90 Å². The Morgan fingerprint density at radius 3 is 2.93 bits per heavy atom. The van der Waals surface area contributed by atoms with E-state index in [9.17, 15) is 4.79 Å². The maximum Gasteiger partial charge on any atom is 0.246 e. The van der Waals surface area contributed by atoms with Gasteiger partial charge in [-0.3, -0.25) is 4.79 Å². The molecule has 2 N–H and O–H groups in total. The van der Waals surface area contributed by atoms with E-state index in [1.54, 1.807) is 6.08 Å². The Balaban J connectivity index is 2.65. The van der Waals surface area contributed by atoms with Gasteiger partial charge in [-0.25, -0.2) is 0 Å². The smallest absolute Gasteiger partial charge is 0.246 e. The molecule has 1 rings (SSSR count). The number of hydrogen-bond acceptors (Lipinski definition) is 3. The second-order valence-corrected chi connectivity index (χ2v) is 3.99. The first kappa shape index (κ1) is 11.2. The minimum absolute atomic E-state index is 0.0174. The number of carbonyl (C=O) groups is 1. The van der Waals surface area contributed by atoms with Gasteiger partial charge < -0.3 is 15.4 Å². The van der Waals surface area contributed by atoms with Gasteiger partial charge in [0.2, 0.25) is 5.91 Å². The molecule has 80 valence electrons. The van der Waals surface area contributed by atoms with Gasteiger partial charge in [-0.2, -0.15) is 0 Å². The zero-order valence-corrected chi connectivity index (χ0v) is 8.82. The summed E-state index contributed by atoms with van der Waals surface area (Å²) in [5, 5.41) is 0. The predicted molar refractivity (Wildman–Crippen MR) is 54.8 cm³/mol. The Morgan fingerprint density at radius 1 is 1.64 bits per heavy atom. The summed E-state index contributed by atoms with van der Waals surface area (Å²) in [6, 6.07) is 0. The summed E-state index contributed by atoms with van der Waals surface area (Å²) in [6.45, 7) is 6.26. The molecule has 1 fully saturated rings. The van der Waals surface area contributed by atoms with Gasteiger partial charge in [0.15, 0.2) is 0 Å². The summed E-state index contributed by atoms with van der Waals surface area (Å²) in [4.78, 5) is 13.5. The zero-order valence-electron chi connectivity index (χ0n) is 8.82. The van der Waals surface area contributed by atoms with Crippen LogP contribution in [0.2, 0.25) is 0 Å². The lowest BCUT2D eigenvalue weighted by atomic mass is 10.0. The second kappa shape index (κ2) is 4.57. The summed E-state index contributed by atoms with van der Waals surface area (Å²) in [7, 11) is 0. The van der Waals surface area contributed by atoms with E-state index < -0.39 is 0 Å². The number of rotatable bonds is 2. The van der Waals surface area contributed by atoms with Crippen LogP contribution in [0.1, 0.15) is 13.8 Å². The molecule has 0 saturated carbocycles. The van der Waals surface area contributed by atoms with E-state index in [-0.39, 0.29) is 11.4 Å². The molecular formula is C10H18N2O2. The van der Waals surface area contributed by atoms with E-state index in [1.807, 2.05) is 18.7 Å². The molecule has 1 saturated heterocycles. The average Bonchev–Trinajstić information content (AvgIpc) is 2.13. The van der Waals surface area contributed by atoms with Gasteiger partial charge in [0.05, 0.1) is 18.8 Å². The van der Waals surface area contributed by atoms with E-state index >= 15 is 0 Å². The number of ether oxygens (including phenoxy) is 1. The van der Waals surface area contributed by atoms with E-state index in [0.29, 0.717) is 26.3 Å². The van der Waals surface area contributed by atoms with E-state index in [1.165, 1.54) is 6.08 Å². The van der Waals surface area contributed by atoms with Crippen LogP contribution in [0, 0.1) is 0 Å². The molecule has 4 heteroatoms. The first-order chi connectivity index (χ1) is 6.58. The van der Waals surface area contributed by atoms with Crippen LogP contribution >= 0.6 is 0 Å². The van der Waals surface area contributed by atoms with Crippen LogP contribution in [0.3, 0.4) is 0 Å². The van der Waals surface area contributed by atoms with Crippen molar-refractivity contribution in [3.05, 3.63) is 12.2 Å². The van der Waals surface area contributed by atoms with Crippen molar-refractivity contribution in [1.29, 1.82) is 0 Å². The summed E-state index contributed by atoms with van der Waals surface area (Å²) >= 11 is 0. The van der Waals surface area contributed by atoms with Crippen molar-refractivity contribution in [2.75, 3.05) is 26.3 Å². The Morgan fingerprint density at radius 2 is 2.36 bits per heavy atom. The Bertz CT molecular complexity index is 236. The van der Waals surface area contributed by atoms with E-state index in [0.717, 1.165) is 0 Å². The second-order valence-electron chi connectivity index (χ2n) is 3.99. The normalized spacial score (nSPS) is 21.5. The first-order valence-corrected chi connectivity index (χ1v) is 4.84. The average molecular weight is 198 g/mol. The fraction of sp³-hybridized carbons (Fsp3) is 0.700. The summed E-state index contributed by atoms with van der Waals surface area (Å²) < 4.78 is 5.33. The van der Waals surface area contributed by atoms with Crippen LogP contribution < -0.4 is 5.73 Å². The highest BCUT2D eigenvalue weighted by Crippen LogP contribution is 2.18. The number of amides is 1. The molecule has 0 bridgehead atoms. The standard InChI is InChI=1S/C10H18N2O2/c1-10(2)8-14-7-6-12(10)9(13)4-3-5-11/h3-4H,5-8,11H2,1-2H3/b4-3+. The molecule has 1 heterocycles. The Hall–Kier alpha value is -0.870. The highest BCUT2D eigenvalue weighted by molar-refractivity contribution is 5.88. The van der Waals surface area contributed by atoms with Gasteiger partial charge >= 0.3 is 0 Å². The molecule has 0 aromatic carbocycles. The van der Waals surface area contributed by atoms with Gasteiger partial charge in [0, 0.05) is 19.2 Å². The fourth-order valence-corrected chi connectivity index (χ4v) is 1.53. The van der Waals surface area contributed by atoms with Crippen LogP contribution in [0.25, 0.3) is 0 Å². The highest BCUT2D eigenvalue weighted by atomic mass is 16.5. The van der Waals surface area contributed by atoms with Crippen molar-refractivity contribution >= 4 is 5.91 Å². The third-order valence-corrected chi connectivity index (χ3v) is 2.31. The van der Waals surface area contributed by atoms with E-state index in [2.05, 4.69) is 0 Å². The minimum Gasteiger partial charge on any atom is -0.377 e.